The van der Waals surface area contributed by atoms with Crippen LogP contribution >= 0.6 is 0 Å². The Morgan fingerprint density at radius 2 is 2.00 bits per heavy atom. The second-order valence-electron chi connectivity index (χ2n) is 3.97. The molecule has 16 heavy (non-hydrogen) atoms. The normalized spacial score (nSPS) is 16.0. The summed E-state index contributed by atoms with van der Waals surface area (Å²) >= 11 is 0. The van der Waals surface area contributed by atoms with Crippen molar-refractivity contribution < 1.29 is 13.2 Å². The quantitative estimate of drug-likeness (QED) is 0.620. The second-order valence-corrected chi connectivity index (χ2v) is 6.10. The lowest BCUT2D eigenvalue weighted by molar-refractivity contribution is 0.171. The van der Waals surface area contributed by atoms with Crippen LogP contribution in [0.5, 0.6) is 0 Å². The molecule has 2 unspecified atom stereocenters. The molecule has 0 bridgehead atoms. The van der Waals surface area contributed by atoms with Gasteiger partial charge in [0.1, 0.15) is 0 Å². The molecule has 0 fully saturated rings. The molecular formula is C10H24N2O3S. The zero-order chi connectivity index (χ0) is 12.6. The van der Waals surface area contributed by atoms with Gasteiger partial charge in [0.25, 0.3) is 0 Å². The third kappa shape index (κ3) is 5.79. The molecule has 0 spiro atoms. The van der Waals surface area contributed by atoms with Crippen molar-refractivity contribution in [1.82, 2.24) is 10.0 Å². The van der Waals surface area contributed by atoms with Crippen molar-refractivity contribution in [3.05, 3.63) is 0 Å². The van der Waals surface area contributed by atoms with Crippen molar-refractivity contribution >= 4 is 10.0 Å². The minimum atomic E-state index is -3.26. The SMILES string of the molecule is CCCC(COC)NS(=O)(=O)C(C)CNC. The van der Waals surface area contributed by atoms with Gasteiger partial charge in [0.2, 0.25) is 10.0 Å². The highest BCUT2D eigenvalue weighted by Gasteiger charge is 2.23. The first-order valence-corrected chi connectivity index (χ1v) is 7.17. The zero-order valence-electron chi connectivity index (χ0n) is 10.6. The molecule has 0 radical (unpaired) electrons. The Morgan fingerprint density at radius 1 is 1.38 bits per heavy atom. The van der Waals surface area contributed by atoms with E-state index >= 15 is 0 Å². The van der Waals surface area contributed by atoms with Crippen LogP contribution in [0.3, 0.4) is 0 Å². The molecule has 0 amide bonds. The van der Waals surface area contributed by atoms with Crippen LogP contribution < -0.4 is 10.0 Å². The fourth-order valence-corrected chi connectivity index (χ4v) is 2.74. The summed E-state index contributed by atoms with van der Waals surface area (Å²) in [7, 11) is 0.0596. The summed E-state index contributed by atoms with van der Waals surface area (Å²) in [5, 5.41) is 2.42. The predicted octanol–water partition coefficient (Wildman–Crippen LogP) is 0.329. The topological polar surface area (TPSA) is 67.4 Å². The highest BCUT2D eigenvalue weighted by atomic mass is 32.2. The van der Waals surface area contributed by atoms with Crippen molar-refractivity contribution in [3.8, 4) is 0 Å². The average molecular weight is 252 g/mol. The number of rotatable bonds is 9. The maximum Gasteiger partial charge on any atom is 0.215 e. The van der Waals surface area contributed by atoms with Gasteiger partial charge in [-0.2, -0.15) is 0 Å². The van der Waals surface area contributed by atoms with E-state index in [2.05, 4.69) is 10.0 Å². The largest absolute Gasteiger partial charge is 0.383 e. The fraction of sp³-hybridized carbons (Fsp3) is 1.00. The van der Waals surface area contributed by atoms with E-state index in [0.29, 0.717) is 13.2 Å². The molecule has 0 aromatic carbocycles. The Morgan fingerprint density at radius 3 is 2.44 bits per heavy atom. The molecule has 0 aromatic heterocycles. The zero-order valence-corrected chi connectivity index (χ0v) is 11.4. The molecule has 6 heteroatoms. The third-order valence-electron chi connectivity index (χ3n) is 2.36. The Hall–Kier alpha value is -0.170. The molecule has 98 valence electrons. The first kappa shape index (κ1) is 15.8. The van der Waals surface area contributed by atoms with Crippen LogP contribution in [0.1, 0.15) is 26.7 Å². The molecule has 0 aliphatic carbocycles. The summed E-state index contributed by atoms with van der Waals surface area (Å²) in [4.78, 5) is 0. The average Bonchev–Trinajstić information content (AvgIpc) is 2.18. The highest BCUT2D eigenvalue weighted by Crippen LogP contribution is 2.03. The second kappa shape index (κ2) is 8.00. The van der Waals surface area contributed by atoms with Crippen LogP contribution in [-0.2, 0) is 14.8 Å². The van der Waals surface area contributed by atoms with Crippen molar-refractivity contribution in [2.75, 3.05) is 27.3 Å². The maximum atomic E-state index is 11.9. The van der Waals surface area contributed by atoms with Crippen LogP contribution in [0.2, 0.25) is 0 Å². The summed E-state index contributed by atoms with van der Waals surface area (Å²) < 4.78 is 31.4. The van der Waals surface area contributed by atoms with Gasteiger partial charge in [-0.15, -0.1) is 0 Å². The van der Waals surface area contributed by atoms with Crippen LogP contribution in [0.25, 0.3) is 0 Å². The lowest BCUT2D eigenvalue weighted by Crippen LogP contribution is -2.44. The van der Waals surface area contributed by atoms with Gasteiger partial charge >= 0.3 is 0 Å². The summed E-state index contributed by atoms with van der Waals surface area (Å²) in [5.74, 6) is 0. The number of sulfonamides is 1. The van der Waals surface area contributed by atoms with Gasteiger partial charge in [0.15, 0.2) is 0 Å². The van der Waals surface area contributed by atoms with E-state index in [0.717, 1.165) is 12.8 Å². The highest BCUT2D eigenvalue weighted by molar-refractivity contribution is 7.90. The minimum absolute atomic E-state index is 0.126. The van der Waals surface area contributed by atoms with E-state index in [1.165, 1.54) is 0 Å². The van der Waals surface area contributed by atoms with Crippen molar-refractivity contribution in [2.24, 2.45) is 0 Å². The van der Waals surface area contributed by atoms with Gasteiger partial charge in [-0.3, -0.25) is 0 Å². The molecule has 2 N–H and O–H groups in total. The smallest absolute Gasteiger partial charge is 0.215 e. The van der Waals surface area contributed by atoms with E-state index < -0.39 is 15.3 Å². The van der Waals surface area contributed by atoms with Gasteiger partial charge in [-0.25, -0.2) is 13.1 Å². The number of nitrogens with one attached hydrogen (secondary N) is 2. The van der Waals surface area contributed by atoms with Gasteiger partial charge in [-0.05, 0) is 20.4 Å². The summed E-state index contributed by atoms with van der Waals surface area (Å²) in [6.07, 6.45) is 1.72. The fourth-order valence-electron chi connectivity index (χ4n) is 1.47. The Balaban J connectivity index is 4.39. The molecular weight excluding hydrogens is 228 g/mol. The van der Waals surface area contributed by atoms with Crippen LogP contribution in [0.4, 0.5) is 0 Å². The van der Waals surface area contributed by atoms with Crippen LogP contribution in [0.15, 0.2) is 0 Å². The standard InChI is InChI=1S/C10H24N2O3S/c1-5-6-10(8-15-4)12-16(13,14)9(2)7-11-3/h9-12H,5-8H2,1-4H3. The van der Waals surface area contributed by atoms with Gasteiger partial charge in [0.05, 0.1) is 11.9 Å². The van der Waals surface area contributed by atoms with Crippen molar-refractivity contribution in [1.29, 1.82) is 0 Å². The van der Waals surface area contributed by atoms with E-state index in [9.17, 15) is 8.42 Å². The predicted molar refractivity (Wildman–Crippen MR) is 66.0 cm³/mol. The van der Waals surface area contributed by atoms with E-state index in [1.807, 2.05) is 6.92 Å². The van der Waals surface area contributed by atoms with Crippen LogP contribution in [0, 0.1) is 0 Å². The number of hydrogen-bond donors (Lipinski definition) is 2. The van der Waals surface area contributed by atoms with Crippen molar-refractivity contribution in [3.63, 3.8) is 0 Å². The molecule has 0 saturated heterocycles. The Bertz CT molecular complexity index is 261. The molecule has 2 atom stereocenters. The monoisotopic (exact) mass is 252 g/mol. The lowest BCUT2D eigenvalue weighted by Gasteiger charge is -2.20. The molecule has 0 rings (SSSR count). The van der Waals surface area contributed by atoms with Crippen LogP contribution in [-0.4, -0.2) is 47.0 Å². The third-order valence-corrected chi connectivity index (χ3v) is 4.25. The van der Waals surface area contributed by atoms with Gasteiger partial charge < -0.3 is 10.1 Å². The maximum absolute atomic E-state index is 11.9. The summed E-state index contributed by atoms with van der Waals surface area (Å²) in [6, 6.07) is -0.126. The number of hydrogen-bond acceptors (Lipinski definition) is 4. The number of ether oxygens (including phenoxy) is 1. The van der Waals surface area contributed by atoms with Crippen molar-refractivity contribution in [2.45, 2.75) is 38.0 Å². The van der Waals surface area contributed by atoms with E-state index in [1.54, 1.807) is 21.1 Å². The molecule has 5 nitrogen and oxygen atoms in total. The first-order valence-electron chi connectivity index (χ1n) is 5.62. The summed E-state index contributed by atoms with van der Waals surface area (Å²) in [5.41, 5.74) is 0. The van der Waals surface area contributed by atoms with E-state index in [4.69, 9.17) is 4.74 Å². The minimum Gasteiger partial charge on any atom is -0.383 e. The molecule has 0 saturated carbocycles. The lowest BCUT2D eigenvalue weighted by atomic mass is 10.2. The molecule has 0 aliphatic rings. The first-order chi connectivity index (χ1) is 7.47. The molecule has 0 aliphatic heterocycles. The number of methoxy groups -OCH3 is 1. The Labute approximate surface area is 99.0 Å². The van der Waals surface area contributed by atoms with Gasteiger partial charge in [0, 0.05) is 19.7 Å². The summed E-state index contributed by atoms with van der Waals surface area (Å²) in [6.45, 7) is 4.57. The van der Waals surface area contributed by atoms with Gasteiger partial charge in [-0.1, -0.05) is 13.3 Å². The Kier molecular flexibility index (Phi) is 7.91. The molecule has 0 heterocycles. The molecule has 0 aromatic rings. The van der Waals surface area contributed by atoms with E-state index in [-0.39, 0.29) is 6.04 Å².